The van der Waals surface area contributed by atoms with E-state index >= 15 is 0 Å². The van der Waals surface area contributed by atoms with E-state index < -0.39 is 10.0 Å². The monoisotopic (exact) mass is 481 g/mol. The number of carbonyl (C=O) groups is 1. The van der Waals surface area contributed by atoms with Gasteiger partial charge in [0.15, 0.2) is 0 Å². The topological polar surface area (TPSA) is 88.6 Å². The quantitative estimate of drug-likeness (QED) is 0.580. The van der Waals surface area contributed by atoms with Crippen LogP contribution in [0.15, 0.2) is 23.1 Å². The van der Waals surface area contributed by atoms with E-state index in [1.54, 1.807) is 12.1 Å². The average Bonchev–Trinajstić information content (AvgIpc) is 2.88. The third-order valence-electron chi connectivity index (χ3n) is 6.86. The molecule has 0 unspecified atom stereocenters. The van der Waals surface area contributed by atoms with E-state index in [2.05, 4.69) is 4.90 Å². The number of amides is 1. The summed E-state index contributed by atoms with van der Waals surface area (Å²) >= 11 is 0. The number of morpholine rings is 2. The zero-order valence-electron chi connectivity index (χ0n) is 19.4. The molecule has 0 radical (unpaired) electrons. The summed E-state index contributed by atoms with van der Waals surface area (Å²) in [5.74, 6) is 0.743. The summed E-state index contributed by atoms with van der Waals surface area (Å²) in [5, 5.41) is 0. The molecule has 184 valence electrons. The van der Waals surface area contributed by atoms with Gasteiger partial charge >= 0.3 is 0 Å². The van der Waals surface area contributed by atoms with E-state index in [0.29, 0.717) is 50.9 Å². The molecule has 10 heteroatoms. The molecular formula is C23H35N3O6S. The molecule has 4 rings (SSSR count). The predicted octanol–water partition coefficient (Wildman–Crippen LogP) is 1.29. The van der Waals surface area contributed by atoms with E-state index in [0.717, 1.165) is 52.1 Å². The summed E-state index contributed by atoms with van der Waals surface area (Å²) in [5.41, 5.74) is 0.384. The molecule has 3 saturated heterocycles. The van der Waals surface area contributed by atoms with Gasteiger partial charge in [-0.1, -0.05) is 0 Å². The lowest BCUT2D eigenvalue weighted by Gasteiger charge is -2.34. The minimum Gasteiger partial charge on any atom is -0.495 e. The van der Waals surface area contributed by atoms with E-state index in [1.807, 2.05) is 4.90 Å². The molecule has 3 fully saturated rings. The number of hydrogen-bond donors (Lipinski definition) is 0. The van der Waals surface area contributed by atoms with Crippen LogP contribution in [0, 0.1) is 5.92 Å². The van der Waals surface area contributed by atoms with Crippen molar-refractivity contribution >= 4 is 15.9 Å². The molecule has 0 saturated carbocycles. The van der Waals surface area contributed by atoms with Gasteiger partial charge in [-0.25, -0.2) is 8.42 Å². The molecule has 1 aromatic carbocycles. The van der Waals surface area contributed by atoms with E-state index in [1.165, 1.54) is 17.5 Å². The first kappa shape index (κ1) is 24.4. The fraction of sp³-hybridized carbons (Fsp3) is 0.696. The van der Waals surface area contributed by atoms with Gasteiger partial charge in [0.25, 0.3) is 5.91 Å². The fourth-order valence-electron chi connectivity index (χ4n) is 4.73. The van der Waals surface area contributed by atoms with Gasteiger partial charge in [0, 0.05) is 44.8 Å². The van der Waals surface area contributed by atoms with Gasteiger partial charge in [0.2, 0.25) is 10.0 Å². The number of piperidine rings is 1. The average molecular weight is 482 g/mol. The number of rotatable bonds is 7. The Morgan fingerprint density at radius 1 is 1.00 bits per heavy atom. The molecule has 0 bridgehead atoms. The number of ether oxygens (including phenoxy) is 3. The van der Waals surface area contributed by atoms with Gasteiger partial charge in [-0.15, -0.1) is 0 Å². The Bertz CT molecular complexity index is 905. The van der Waals surface area contributed by atoms with Crippen molar-refractivity contribution in [1.82, 2.24) is 14.1 Å². The summed E-state index contributed by atoms with van der Waals surface area (Å²) in [7, 11) is -2.33. The molecule has 3 heterocycles. The first-order valence-corrected chi connectivity index (χ1v) is 13.3. The molecule has 0 atom stereocenters. The normalized spacial score (nSPS) is 21.8. The van der Waals surface area contributed by atoms with E-state index in [4.69, 9.17) is 14.2 Å². The zero-order valence-corrected chi connectivity index (χ0v) is 20.2. The second kappa shape index (κ2) is 11.1. The van der Waals surface area contributed by atoms with Crippen molar-refractivity contribution < 1.29 is 27.4 Å². The number of nitrogens with zero attached hydrogens (tertiary/aromatic N) is 3. The smallest absolute Gasteiger partial charge is 0.253 e. The summed E-state index contributed by atoms with van der Waals surface area (Å²) in [6.45, 7) is 7.44. The third kappa shape index (κ3) is 5.86. The first-order valence-electron chi connectivity index (χ1n) is 11.8. The van der Waals surface area contributed by atoms with Crippen LogP contribution in [0.1, 0.15) is 29.6 Å². The number of sulfonamides is 1. The van der Waals surface area contributed by atoms with Crippen LogP contribution in [-0.4, -0.2) is 108 Å². The summed E-state index contributed by atoms with van der Waals surface area (Å²) < 4.78 is 43.8. The molecule has 0 aromatic heterocycles. The van der Waals surface area contributed by atoms with Gasteiger partial charge < -0.3 is 19.1 Å². The Morgan fingerprint density at radius 3 is 2.27 bits per heavy atom. The van der Waals surface area contributed by atoms with Crippen LogP contribution in [0.4, 0.5) is 0 Å². The van der Waals surface area contributed by atoms with Crippen molar-refractivity contribution in [2.75, 3.05) is 79.4 Å². The minimum absolute atomic E-state index is 0.0400. The Kier molecular flexibility index (Phi) is 8.24. The summed E-state index contributed by atoms with van der Waals surface area (Å²) in [4.78, 5) is 17.5. The van der Waals surface area contributed by atoms with Crippen LogP contribution in [0.3, 0.4) is 0 Å². The lowest BCUT2D eigenvalue weighted by Crippen LogP contribution is -2.41. The lowest BCUT2D eigenvalue weighted by molar-refractivity contribution is 0.0332. The highest BCUT2D eigenvalue weighted by Crippen LogP contribution is 2.30. The molecule has 9 nitrogen and oxygen atoms in total. The van der Waals surface area contributed by atoms with Crippen molar-refractivity contribution in [2.45, 2.75) is 24.2 Å². The summed E-state index contributed by atoms with van der Waals surface area (Å²) in [6.07, 6.45) is 3.10. The molecule has 1 amide bonds. The predicted molar refractivity (Wildman–Crippen MR) is 123 cm³/mol. The largest absolute Gasteiger partial charge is 0.495 e. The number of carbonyl (C=O) groups excluding carboxylic acids is 1. The third-order valence-corrected chi connectivity index (χ3v) is 8.78. The highest BCUT2D eigenvalue weighted by atomic mass is 32.2. The van der Waals surface area contributed by atoms with Crippen LogP contribution in [0.5, 0.6) is 5.75 Å². The number of benzene rings is 1. The maximum atomic E-state index is 13.2. The molecule has 0 aliphatic carbocycles. The van der Waals surface area contributed by atoms with Crippen LogP contribution < -0.4 is 4.74 Å². The van der Waals surface area contributed by atoms with Crippen LogP contribution in [-0.2, 0) is 19.5 Å². The minimum atomic E-state index is -3.77. The van der Waals surface area contributed by atoms with Crippen molar-refractivity contribution in [2.24, 2.45) is 5.92 Å². The van der Waals surface area contributed by atoms with Gasteiger partial charge in [-0.3, -0.25) is 9.69 Å². The van der Waals surface area contributed by atoms with Gasteiger partial charge in [0.1, 0.15) is 10.6 Å². The second-order valence-electron chi connectivity index (χ2n) is 8.86. The molecule has 3 aliphatic rings. The second-order valence-corrected chi connectivity index (χ2v) is 10.8. The van der Waals surface area contributed by atoms with Crippen LogP contribution >= 0.6 is 0 Å². The Hall–Kier alpha value is -1.72. The lowest BCUT2D eigenvalue weighted by atomic mass is 9.93. The standard InChI is InChI=1S/C23H35N3O6S/c1-30-21-3-2-20(18-22(21)33(28,29)26-12-16-32-17-13-26)23(27)25-8-5-19(6-9-25)4-7-24-10-14-31-15-11-24/h2-3,18-19H,4-17H2,1H3. The van der Waals surface area contributed by atoms with Crippen LogP contribution in [0.2, 0.25) is 0 Å². The molecular weight excluding hydrogens is 446 g/mol. The molecule has 0 spiro atoms. The van der Waals surface area contributed by atoms with Crippen molar-refractivity contribution in [3.63, 3.8) is 0 Å². The fourth-order valence-corrected chi connectivity index (χ4v) is 6.32. The first-order chi connectivity index (χ1) is 16.0. The molecule has 1 aromatic rings. The van der Waals surface area contributed by atoms with E-state index in [9.17, 15) is 13.2 Å². The number of methoxy groups -OCH3 is 1. The van der Waals surface area contributed by atoms with E-state index in [-0.39, 0.29) is 16.6 Å². The maximum absolute atomic E-state index is 13.2. The zero-order chi connectivity index (χ0) is 23.3. The Morgan fingerprint density at radius 2 is 1.64 bits per heavy atom. The molecule has 3 aliphatic heterocycles. The molecule has 0 N–H and O–H groups in total. The van der Waals surface area contributed by atoms with Crippen molar-refractivity contribution in [1.29, 1.82) is 0 Å². The van der Waals surface area contributed by atoms with Gasteiger partial charge in [0.05, 0.1) is 33.5 Å². The highest BCUT2D eigenvalue weighted by Gasteiger charge is 2.31. The van der Waals surface area contributed by atoms with Crippen molar-refractivity contribution in [3.8, 4) is 5.75 Å². The Balaban J connectivity index is 1.38. The SMILES string of the molecule is COc1ccc(C(=O)N2CCC(CCN3CCOCC3)CC2)cc1S(=O)(=O)N1CCOCC1. The van der Waals surface area contributed by atoms with Crippen LogP contribution in [0.25, 0.3) is 0 Å². The summed E-state index contributed by atoms with van der Waals surface area (Å²) in [6, 6.07) is 4.70. The number of hydrogen-bond acceptors (Lipinski definition) is 7. The van der Waals surface area contributed by atoms with Gasteiger partial charge in [-0.2, -0.15) is 4.31 Å². The highest BCUT2D eigenvalue weighted by molar-refractivity contribution is 7.89. The van der Waals surface area contributed by atoms with Gasteiger partial charge in [-0.05, 0) is 49.9 Å². The Labute approximate surface area is 196 Å². The molecule has 33 heavy (non-hydrogen) atoms. The number of likely N-dealkylation sites (tertiary alicyclic amines) is 1. The maximum Gasteiger partial charge on any atom is 0.253 e. The van der Waals surface area contributed by atoms with Crippen molar-refractivity contribution in [3.05, 3.63) is 23.8 Å².